The SMILES string of the molecule is C=C/C=C\c1ccncc1C. The monoisotopic (exact) mass is 145 g/mol. The average Bonchev–Trinajstić information content (AvgIpc) is 2.03. The van der Waals surface area contributed by atoms with Crippen LogP contribution >= 0.6 is 0 Å². The molecule has 0 fully saturated rings. The summed E-state index contributed by atoms with van der Waals surface area (Å²) in [6, 6.07) is 1.98. The average molecular weight is 145 g/mol. The minimum Gasteiger partial charge on any atom is -0.264 e. The van der Waals surface area contributed by atoms with Crippen LogP contribution in [0, 0.1) is 6.92 Å². The lowest BCUT2D eigenvalue weighted by Crippen LogP contribution is -1.80. The number of nitrogens with zero attached hydrogens (tertiary/aromatic N) is 1. The first-order chi connectivity index (χ1) is 5.34. The smallest absolute Gasteiger partial charge is 0.0303 e. The third-order valence-electron chi connectivity index (χ3n) is 1.48. The number of hydrogen-bond donors (Lipinski definition) is 0. The molecular formula is C10H11N. The number of aryl methyl sites for hydroxylation is 1. The lowest BCUT2D eigenvalue weighted by molar-refractivity contribution is 1.26. The highest BCUT2D eigenvalue weighted by atomic mass is 14.6. The van der Waals surface area contributed by atoms with Crippen LogP contribution in [0.1, 0.15) is 11.1 Å². The van der Waals surface area contributed by atoms with E-state index in [0.717, 1.165) is 0 Å². The van der Waals surface area contributed by atoms with Crippen LogP contribution in [-0.2, 0) is 0 Å². The van der Waals surface area contributed by atoms with E-state index >= 15 is 0 Å². The number of allylic oxidation sites excluding steroid dienone is 2. The van der Waals surface area contributed by atoms with Crippen LogP contribution in [0.25, 0.3) is 6.08 Å². The second-order valence-electron chi connectivity index (χ2n) is 2.33. The molecule has 0 radical (unpaired) electrons. The zero-order valence-electron chi connectivity index (χ0n) is 6.62. The normalized spacial score (nSPS) is 10.3. The van der Waals surface area contributed by atoms with Crippen LogP contribution in [0.3, 0.4) is 0 Å². The van der Waals surface area contributed by atoms with E-state index in [-0.39, 0.29) is 0 Å². The number of pyridine rings is 1. The van der Waals surface area contributed by atoms with Crippen molar-refractivity contribution in [3.05, 3.63) is 48.3 Å². The highest BCUT2D eigenvalue weighted by Crippen LogP contribution is 2.06. The summed E-state index contributed by atoms with van der Waals surface area (Å²) < 4.78 is 0. The van der Waals surface area contributed by atoms with Crippen LogP contribution in [0.4, 0.5) is 0 Å². The molecule has 1 heterocycles. The Kier molecular flexibility index (Phi) is 2.61. The van der Waals surface area contributed by atoms with Gasteiger partial charge in [0.15, 0.2) is 0 Å². The predicted molar refractivity (Wildman–Crippen MR) is 48.2 cm³/mol. The summed E-state index contributed by atoms with van der Waals surface area (Å²) >= 11 is 0. The van der Waals surface area contributed by atoms with Crippen molar-refractivity contribution in [1.29, 1.82) is 0 Å². The topological polar surface area (TPSA) is 12.9 Å². The number of aromatic nitrogens is 1. The highest BCUT2D eigenvalue weighted by molar-refractivity contribution is 5.53. The van der Waals surface area contributed by atoms with Crippen LogP contribution in [-0.4, -0.2) is 4.98 Å². The van der Waals surface area contributed by atoms with Gasteiger partial charge in [-0.3, -0.25) is 4.98 Å². The first kappa shape index (κ1) is 7.73. The lowest BCUT2D eigenvalue weighted by atomic mass is 10.1. The predicted octanol–water partition coefficient (Wildman–Crippen LogP) is 2.59. The molecule has 0 aliphatic rings. The van der Waals surface area contributed by atoms with Gasteiger partial charge in [-0.15, -0.1) is 0 Å². The van der Waals surface area contributed by atoms with Crippen molar-refractivity contribution in [3.63, 3.8) is 0 Å². The molecule has 0 saturated carbocycles. The van der Waals surface area contributed by atoms with E-state index < -0.39 is 0 Å². The van der Waals surface area contributed by atoms with Gasteiger partial charge in [0.05, 0.1) is 0 Å². The third kappa shape index (κ3) is 2.04. The Morgan fingerprint density at radius 1 is 1.55 bits per heavy atom. The molecule has 11 heavy (non-hydrogen) atoms. The van der Waals surface area contributed by atoms with Crippen molar-refractivity contribution in [2.45, 2.75) is 6.92 Å². The minimum atomic E-state index is 1.19. The zero-order chi connectivity index (χ0) is 8.10. The maximum Gasteiger partial charge on any atom is 0.0303 e. The summed E-state index contributed by atoms with van der Waals surface area (Å²) in [7, 11) is 0. The second kappa shape index (κ2) is 3.71. The van der Waals surface area contributed by atoms with Crippen molar-refractivity contribution < 1.29 is 0 Å². The van der Waals surface area contributed by atoms with E-state index in [4.69, 9.17) is 0 Å². The molecule has 0 amide bonds. The van der Waals surface area contributed by atoms with E-state index in [9.17, 15) is 0 Å². The molecular weight excluding hydrogens is 134 g/mol. The molecule has 0 aromatic carbocycles. The fraction of sp³-hybridized carbons (Fsp3) is 0.100. The summed E-state index contributed by atoms with van der Waals surface area (Å²) in [4.78, 5) is 3.99. The summed E-state index contributed by atoms with van der Waals surface area (Å²) in [5.74, 6) is 0. The van der Waals surface area contributed by atoms with E-state index in [1.807, 2.05) is 31.3 Å². The maximum atomic E-state index is 3.99. The first-order valence-electron chi connectivity index (χ1n) is 3.54. The van der Waals surface area contributed by atoms with Gasteiger partial charge < -0.3 is 0 Å². The van der Waals surface area contributed by atoms with Gasteiger partial charge in [-0.05, 0) is 24.1 Å². The Hall–Kier alpha value is -1.37. The largest absolute Gasteiger partial charge is 0.264 e. The molecule has 56 valence electrons. The number of hydrogen-bond acceptors (Lipinski definition) is 1. The molecule has 1 heteroatoms. The van der Waals surface area contributed by atoms with Gasteiger partial charge in [0, 0.05) is 12.4 Å². The maximum absolute atomic E-state index is 3.99. The molecule has 1 nitrogen and oxygen atoms in total. The fourth-order valence-corrected chi connectivity index (χ4v) is 0.843. The van der Waals surface area contributed by atoms with Gasteiger partial charge in [-0.1, -0.05) is 24.8 Å². The van der Waals surface area contributed by atoms with Crippen LogP contribution < -0.4 is 0 Å². The molecule has 0 unspecified atom stereocenters. The zero-order valence-corrected chi connectivity index (χ0v) is 6.62. The molecule has 0 saturated heterocycles. The highest BCUT2D eigenvalue weighted by Gasteiger charge is 1.89. The van der Waals surface area contributed by atoms with E-state index in [1.54, 1.807) is 12.3 Å². The van der Waals surface area contributed by atoms with Gasteiger partial charge in [-0.25, -0.2) is 0 Å². The summed E-state index contributed by atoms with van der Waals surface area (Å²) in [5.41, 5.74) is 2.38. The van der Waals surface area contributed by atoms with Crippen molar-refractivity contribution in [1.82, 2.24) is 4.98 Å². The van der Waals surface area contributed by atoms with Crippen molar-refractivity contribution in [2.75, 3.05) is 0 Å². The molecule has 0 bridgehead atoms. The van der Waals surface area contributed by atoms with E-state index in [1.165, 1.54) is 11.1 Å². The molecule has 0 aliphatic heterocycles. The van der Waals surface area contributed by atoms with Crippen molar-refractivity contribution >= 4 is 6.08 Å². The van der Waals surface area contributed by atoms with Gasteiger partial charge >= 0.3 is 0 Å². The molecule has 0 spiro atoms. The quantitative estimate of drug-likeness (QED) is 0.583. The third-order valence-corrected chi connectivity index (χ3v) is 1.48. The Morgan fingerprint density at radius 2 is 2.36 bits per heavy atom. The molecule has 1 aromatic heterocycles. The molecule has 0 N–H and O–H groups in total. The first-order valence-corrected chi connectivity index (χ1v) is 3.54. The molecule has 1 rings (SSSR count). The summed E-state index contributed by atoms with van der Waals surface area (Å²) in [6.45, 7) is 5.64. The molecule has 0 atom stereocenters. The van der Waals surface area contributed by atoms with Gasteiger partial charge in [0.2, 0.25) is 0 Å². The standard InChI is InChI=1S/C10H11N/c1-3-4-5-10-6-7-11-8-9(10)2/h3-8H,1H2,2H3/b5-4-. The Bertz CT molecular complexity index is 274. The van der Waals surface area contributed by atoms with Crippen LogP contribution in [0.15, 0.2) is 37.2 Å². The second-order valence-corrected chi connectivity index (χ2v) is 2.33. The van der Waals surface area contributed by atoms with Crippen molar-refractivity contribution in [2.24, 2.45) is 0 Å². The Morgan fingerprint density at radius 3 is 3.00 bits per heavy atom. The van der Waals surface area contributed by atoms with E-state index in [2.05, 4.69) is 11.6 Å². The molecule has 0 aliphatic carbocycles. The van der Waals surface area contributed by atoms with Crippen LogP contribution in [0.5, 0.6) is 0 Å². The van der Waals surface area contributed by atoms with Gasteiger partial charge in [-0.2, -0.15) is 0 Å². The van der Waals surface area contributed by atoms with E-state index in [0.29, 0.717) is 0 Å². The number of rotatable bonds is 2. The summed E-state index contributed by atoms with van der Waals surface area (Å²) in [5, 5.41) is 0. The Labute approximate surface area is 67.1 Å². The molecule has 1 aromatic rings. The minimum absolute atomic E-state index is 1.19. The summed E-state index contributed by atoms with van der Waals surface area (Å²) in [6.07, 6.45) is 9.34. The van der Waals surface area contributed by atoms with Gasteiger partial charge in [0.25, 0.3) is 0 Å². The lowest BCUT2D eigenvalue weighted by Gasteiger charge is -1.95. The fourth-order valence-electron chi connectivity index (χ4n) is 0.843. The van der Waals surface area contributed by atoms with Gasteiger partial charge in [0.1, 0.15) is 0 Å². The van der Waals surface area contributed by atoms with Crippen molar-refractivity contribution in [3.8, 4) is 0 Å². The van der Waals surface area contributed by atoms with Crippen LogP contribution in [0.2, 0.25) is 0 Å². The Balaban J connectivity index is 2.94.